The predicted molar refractivity (Wildman–Crippen MR) is 159 cm³/mol. The van der Waals surface area contributed by atoms with E-state index in [-0.39, 0.29) is 6.61 Å². The molecular formula is C31H31N5O6P+. The van der Waals surface area contributed by atoms with E-state index < -0.39 is 38.3 Å². The van der Waals surface area contributed by atoms with Crippen LogP contribution in [0.3, 0.4) is 0 Å². The van der Waals surface area contributed by atoms with Crippen molar-refractivity contribution in [3.63, 3.8) is 0 Å². The van der Waals surface area contributed by atoms with E-state index >= 15 is 0 Å². The van der Waals surface area contributed by atoms with Crippen molar-refractivity contribution < 1.29 is 28.2 Å². The average Bonchev–Trinajstić information content (AvgIpc) is 3.65. The molecule has 3 heterocycles. The minimum absolute atomic E-state index is 0.150. The Labute approximate surface area is 249 Å². The summed E-state index contributed by atoms with van der Waals surface area (Å²) >= 11 is 0. The highest BCUT2D eigenvalue weighted by molar-refractivity contribution is 7.32. The van der Waals surface area contributed by atoms with Gasteiger partial charge in [0.1, 0.15) is 36.8 Å². The van der Waals surface area contributed by atoms with Gasteiger partial charge < -0.3 is 19.5 Å². The van der Waals surface area contributed by atoms with Gasteiger partial charge in [-0.3, -0.25) is 4.57 Å². The number of hydrogen-bond donors (Lipinski definition) is 2. The lowest BCUT2D eigenvalue weighted by Crippen LogP contribution is -2.38. The number of rotatable bonds is 11. The number of aromatic nitrogens is 4. The first-order chi connectivity index (χ1) is 21.1. The number of fused-ring (bicyclic) bond motifs is 1. The van der Waals surface area contributed by atoms with Gasteiger partial charge in [0.05, 0.1) is 6.33 Å². The topological polar surface area (TPSA) is 130 Å². The van der Waals surface area contributed by atoms with Crippen molar-refractivity contribution in [3.05, 3.63) is 120 Å². The molecule has 12 heteroatoms. The van der Waals surface area contributed by atoms with Crippen molar-refractivity contribution in [2.45, 2.75) is 30.1 Å². The minimum atomic E-state index is -2.80. The molecule has 220 valence electrons. The minimum Gasteiger partial charge on any atom is -0.376 e. The van der Waals surface area contributed by atoms with Crippen LogP contribution in [0.2, 0.25) is 0 Å². The van der Waals surface area contributed by atoms with Crippen molar-refractivity contribution in [2.24, 2.45) is 0 Å². The molecular weight excluding hydrogens is 569 g/mol. The fourth-order valence-electron chi connectivity index (χ4n) is 5.83. The molecule has 0 saturated carbocycles. The van der Waals surface area contributed by atoms with Crippen LogP contribution in [-0.2, 0) is 28.8 Å². The van der Waals surface area contributed by atoms with Gasteiger partial charge in [0, 0.05) is 18.8 Å². The summed E-state index contributed by atoms with van der Waals surface area (Å²) in [5.41, 5.74) is 3.27. The molecule has 43 heavy (non-hydrogen) atoms. The summed E-state index contributed by atoms with van der Waals surface area (Å²) in [5, 5.41) is 3.77. The Kier molecular flexibility index (Phi) is 8.53. The number of ether oxygens (including phenoxy) is 3. The summed E-state index contributed by atoms with van der Waals surface area (Å²) in [7, 11) is 0.285. The molecule has 2 N–H and O–H groups in total. The molecule has 1 fully saturated rings. The molecule has 3 aromatic carbocycles. The van der Waals surface area contributed by atoms with Crippen molar-refractivity contribution >= 4 is 25.2 Å². The average molecular weight is 601 g/mol. The second kappa shape index (κ2) is 12.6. The predicted octanol–water partition coefficient (Wildman–Crippen LogP) is 4.82. The Hall–Kier alpha value is -4.09. The van der Waals surface area contributed by atoms with Crippen LogP contribution in [0.4, 0.5) is 5.82 Å². The van der Waals surface area contributed by atoms with Crippen molar-refractivity contribution in [2.75, 3.05) is 26.1 Å². The van der Waals surface area contributed by atoms with Gasteiger partial charge in [-0.25, -0.2) is 15.0 Å². The van der Waals surface area contributed by atoms with E-state index in [1.165, 1.54) is 13.4 Å². The molecule has 6 rings (SSSR count). The van der Waals surface area contributed by atoms with Gasteiger partial charge >= 0.3 is 8.25 Å². The van der Waals surface area contributed by atoms with E-state index in [9.17, 15) is 9.46 Å². The Morgan fingerprint density at radius 2 is 1.42 bits per heavy atom. The zero-order chi connectivity index (χ0) is 29.8. The fourth-order valence-corrected chi connectivity index (χ4v) is 6.10. The van der Waals surface area contributed by atoms with Gasteiger partial charge in [-0.2, -0.15) is 0 Å². The van der Waals surface area contributed by atoms with Gasteiger partial charge in [-0.05, 0) is 16.7 Å². The Bertz CT molecular complexity index is 1580. The summed E-state index contributed by atoms with van der Waals surface area (Å²) in [5.74, 6) is 0.521. The van der Waals surface area contributed by atoms with E-state index in [0.717, 1.165) is 16.7 Å². The third kappa shape index (κ3) is 5.43. The van der Waals surface area contributed by atoms with Crippen molar-refractivity contribution in [3.8, 4) is 0 Å². The number of anilines is 1. The van der Waals surface area contributed by atoms with E-state index in [1.54, 1.807) is 18.0 Å². The molecule has 0 bridgehead atoms. The molecule has 5 aromatic rings. The molecule has 1 saturated heterocycles. The maximum atomic E-state index is 11.2. The molecule has 11 nitrogen and oxygen atoms in total. The molecule has 2 unspecified atom stereocenters. The van der Waals surface area contributed by atoms with Crippen LogP contribution >= 0.6 is 8.25 Å². The van der Waals surface area contributed by atoms with Crippen molar-refractivity contribution in [1.82, 2.24) is 19.5 Å². The summed E-state index contributed by atoms with van der Waals surface area (Å²) in [6.45, 7) is -0.150. The highest BCUT2D eigenvalue weighted by Gasteiger charge is 2.48. The smallest absolute Gasteiger partial charge is 0.376 e. The van der Waals surface area contributed by atoms with E-state index in [2.05, 4.69) is 51.7 Å². The number of imidazole rings is 1. The van der Waals surface area contributed by atoms with Gasteiger partial charge in [0.15, 0.2) is 23.2 Å². The molecule has 1 aliphatic heterocycles. The Balaban J connectivity index is 1.46. The fraction of sp³-hybridized carbons (Fsp3) is 0.258. The molecule has 0 aliphatic carbocycles. The second-order valence-electron chi connectivity index (χ2n) is 10.0. The zero-order valence-corrected chi connectivity index (χ0v) is 24.5. The number of nitrogens with zero attached hydrogens (tertiary/aromatic N) is 4. The zero-order valence-electron chi connectivity index (χ0n) is 23.6. The van der Waals surface area contributed by atoms with E-state index in [4.69, 9.17) is 23.7 Å². The molecule has 0 radical (unpaired) electrons. The number of nitrogens with one attached hydrogen (secondary N) is 1. The standard InChI is InChI=1S/C31H30N5O6P/c1-39-26-24(18-41-43(37)38)42-30(27(26)40-2)36-20-34-25-28(32-19-33-29(25)36)35-31(21-12-6-3-7-13-21,22-14-8-4-9-15-22)23-16-10-5-11-17-23/h3-17,19-20,24,26-27,30H,18H2,1-2H3,(H-,32,33,35,37,38)/p+1/t24-,26+,27?,30-/m1/s1. The van der Waals surface area contributed by atoms with Crippen LogP contribution in [-0.4, -0.2) is 63.6 Å². The number of methoxy groups -OCH3 is 2. The van der Waals surface area contributed by atoms with Gasteiger partial charge in [-0.15, -0.1) is 9.42 Å². The summed E-state index contributed by atoms with van der Waals surface area (Å²) in [6, 6.07) is 30.6. The van der Waals surface area contributed by atoms with Crippen LogP contribution in [0, 0.1) is 0 Å². The monoisotopic (exact) mass is 600 g/mol. The first-order valence-electron chi connectivity index (χ1n) is 13.7. The summed E-state index contributed by atoms with van der Waals surface area (Å²) < 4.78 is 35.6. The maximum absolute atomic E-state index is 11.2. The van der Waals surface area contributed by atoms with Crippen molar-refractivity contribution in [1.29, 1.82) is 0 Å². The normalized spacial score (nSPS) is 20.8. The van der Waals surface area contributed by atoms with Crippen LogP contribution < -0.4 is 5.32 Å². The van der Waals surface area contributed by atoms with Crippen LogP contribution in [0.25, 0.3) is 11.2 Å². The van der Waals surface area contributed by atoms with E-state index in [1.807, 2.05) is 54.6 Å². The largest absolute Gasteiger partial charge is 0.694 e. The Morgan fingerprint density at radius 1 is 0.860 bits per heavy atom. The highest BCUT2D eigenvalue weighted by Crippen LogP contribution is 2.41. The number of hydrogen-bond acceptors (Lipinski definition) is 9. The first-order valence-corrected chi connectivity index (χ1v) is 14.8. The van der Waals surface area contributed by atoms with Crippen LogP contribution in [0.15, 0.2) is 104 Å². The first kappa shape index (κ1) is 29.0. The lowest BCUT2D eigenvalue weighted by Gasteiger charge is -2.37. The molecule has 0 amide bonds. The van der Waals surface area contributed by atoms with Crippen LogP contribution in [0.1, 0.15) is 22.9 Å². The number of benzene rings is 3. The van der Waals surface area contributed by atoms with Crippen LogP contribution in [0.5, 0.6) is 0 Å². The Morgan fingerprint density at radius 3 is 1.93 bits per heavy atom. The SMILES string of the molecule is COC1[C@@H](OC)[C@@H](CO[P+](=O)O)O[C@H]1n1cnc2c(NC(c3ccccc3)(c3ccccc3)c3ccccc3)ncnc21. The maximum Gasteiger partial charge on any atom is 0.694 e. The van der Waals surface area contributed by atoms with Gasteiger partial charge in [-0.1, -0.05) is 91.0 Å². The van der Waals surface area contributed by atoms with E-state index in [0.29, 0.717) is 17.0 Å². The lowest BCUT2D eigenvalue weighted by molar-refractivity contribution is -0.0561. The third-order valence-electron chi connectivity index (χ3n) is 7.74. The second-order valence-corrected chi connectivity index (χ2v) is 10.8. The summed E-state index contributed by atoms with van der Waals surface area (Å²) in [6.07, 6.45) is 0.606. The molecule has 0 spiro atoms. The third-order valence-corrected chi connectivity index (χ3v) is 8.11. The van der Waals surface area contributed by atoms with Gasteiger partial charge in [0.25, 0.3) is 0 Å². The lowest BCUT2D eigenvalue weighted by atomic mass is 9.77. The molecule has 1 aliphatic rings. The van der Waals surface area contributed by atoms with Gasteiger partial charge in [0.2, 0.25) is 0 Å². The molecule has 2 aromatic heterocycles. The highest BCUT2D eigenvalue weighted by atomic mass is 31.1. The molecule has 5 atom stereocenters. The summed E-state index contributed by atoms with van der Waals surface area (Å²) in [4.78, 5) is 23.1. The quantitative estimate of drug-likeness (QED) is 0.161.